The molecule has 0 fully saturated rings. The number of halogens is 2. The minimum Gasteiger partial charge on any atom is -0.478 e. The van der Waals surface area contributed by atoms with Crippen LogP contribution in [0.25, 0.3) is 6.08 Å². The predicted molar refractivity (Wildman–Crippen MR) is 62.8 cm³/mol. The van der Waals surface area contributed by atoms with Gasteiger partial charge in [-0.25, -0.2) is 4.79 Å². The fraction of sp³-hybridized carbons (Fsp3) is 0.182. The van der Waals surface area contributed by atoms with Crippen LogP contribution >= 0.6 is 23.2 Å². The van der Waals surface area contributed by atoms with Crippen molar-refractivity contribution < 1.29 is 9.90 Å². The summed E-state index contributed by atoms with van der Waals surface area (Å²) in [5.41, 5.74) is 0.727. The van der Waals surface area contributed by atoms with Gasteiger partial charge in [0.1, 0.15) is 0 Å². The summed E-state index contributed by atoms with van der Waals surface area (Å²) < 4.78 is 0. The standard InChI is InChI=1S/C11H10Cl2O2/c12-7-2-1-4-8-5-3-6-9(13)10(8)11(14)15/h1,3-6H,2,7H2,(H,14,15). The van der Waals surface area contributed by atoms with E-state index < -0.39 is 5.97 Å². The second-order valence-electron chi connectivity index (χ2n) is 2.89. The topological polar surface area (TPSA) is 37.3 Å². The average molecular weight is 245 g/mol. The smallest absolute Gasteiger partial charge is 0.337 e. The van der Waals surface area contributed by atoms with E-state index in [9.17, 15) is 4.79 Å². The molecule has 0 saturated heterocycles. The highest BCUT2D eigenvalue weighted by Gasteiger charge is 2.11. The van der Waals surface area contributed by atoms with Crippen LogP contribution in [0.5, 0.6) is 0 Å². The van der Waals surface area contributed by atoms with Crippen molar-refractivity contribution in [3.05, 3.63) is 40.4 Å². The molecule has 1 aromatic rings. The zero-order valence-corrected chi connectivity index (χ0v) is 9.42. The number of alkyl halides is 1. The molecule has 0 radical (unpaired) electrons. The minimum absolute atomic E-state index is 0.130. The molecule has 0 aromatic heterocycles. The second-order valence-corrected chi connectivity index (χ2v) is 3.67. The fourth-order valence-corrected chi connectivity index (χ4v) is 1.57. The molecule has 1 N–H and O–H groups in total. The first-order chi connectivity index (χ1) is 7.16. The predicted octanol–water partition coefficient (Wildman–Crippen LogP) is 3.68. The van der Waals surface area contributed by atoms with E-state index in [-0.39, 0.29) is 10.6 Å². The van der Waals surface area contributed by atoms with Gasteiger partial charge in [-0.3, -0.25) is 0 Å². The highest BCUT2D eigenvalue weighted by atomic mass is 35.5. The molecule has 15 heavy (non-hydrogen) atoms. The first-order valence-corrected chi connectivity index (χ1v) is 5.32. The van der Waals surface area contributed by atoms with Crippen LogP contribution in [-0.2, 0) is 0 Å². The first kappa shape index (κ1) is 12.1. The summed E-state index contributed by atoms with van der Waals surface area (Å²) in [4.78, 5) is 10.9. The van der Waals surface area contributed by atoms with Gasteiger partial charge in [-0.2, -0.15) is 0 Å². The first-order valence-electron chi connectivity index (χ1n) is 4.41. The SMILES string of the molecule is O=C(O)c1c(Cl)cccc1C=CCCCl. The maximum absolute atomic E-state index is 10.9. The molecular formula is C11H10Cl2O2. The Bertz CT molecular complexity index is 386. The molecule has 2 nitrogen and oxygen atoms in total. The van der Waals surface area contributed by atoms with Crippen molar-refractivity contribution in [2.75, 3.05) is 5.88 Å². The van der Waals surface area contributed by atoms with Gasteiger partial charge in [-0.15, -0.1) is 11.6 Å². The van der Waals surface area contributed by atoms with Crippen molar-refractivity contribution in [3.63, 3.8) is 0 Å². The molecule has 80 valence electrons. The second kappa shape index (κ2) is 5.79. The lowest BCUT2D eigenvalue weighted by Gasteiger charge is -2.02. The van der Waals surface area contributed by atoms with E-state index in [0.29, 0.717) is 17.9 Å². The minimum atomic E-state index is -1.02. The highest BCUT2D eigenvalue weighted by Crippen LogP contribution is 2.21. The van der Waals surface area contributed by atoms with Crippen molar-refractivity contribution in [2.45, 2.75) is 6.42 Å². The van der Waals surface area contributed by atoms with Gasteiger partial charge in [0.05, 0.1) is 10.6 Å². The molecule has 0 aliphatic heterocycles. The lowest BCUT2D eigenvalue weighted by atomic mass is 10.1. The van der Waals surface area contributed by atoms with Gasteiger partial charge in [0, 0.05) is 5.88 Å². The molecule has 1 aromatic carbocycles. The van der Waals surface area contributed by atoms with Crippen molar-refractivity contribution in [1.82, 2.24) is 0 Å². The summed E-state index contributed by atoms with van der Waals surface area (Å²) in [5, 5.41) is 9.20. The summed E-state index contributed by atoms with van der Waals surface area (Å²) in [6, 6.07) is 4.99. The number of aromatic carboxylic acids is 1. The van der Waals surface area contributed by atoms with Crippen molar-refractivity contribution in [2.24, 2.45) is 0 Å². The molecular weight excluding hydrogens is 235 g/mol. The summed E-state index contributed by atoms with van der Waals surface area (Å²) in [7, 11) is 0. The van der Waals surface area contributed by atoms with Gasteiger partial charge in [-0.1, -0.05) is 35.9 Å². The van der Waals surface area contributed by atoms with Crippen LogP contribution in [0.2, 0.25) is 5.02 Å². The number of allylic oxidation sites excluding steroid dienone is 1. The number of carboxylic acid groups (broad SMARTS) is 1. The Morgan fingerprint density at radius 2 is 2.20 bits per heavy atom. The maximum Gasteiger partial charge on any atom is 0.337 e. The Kier molecular flexibility index (Phi) is 4.66. The fourth-order valence-electron chi connectivity index (χ4n) is 1.18. The van der Waals surface area contributed by atoms with Crippen molar-refractivity contribution in [3.8, 4) is 0 Å². The zero-order valence-electron chi connectivity index (χ0n) is 7.91. The quantitative estimate of drug-likeness (QED) is 0.821. The number of benzene rings is 1. The third-order valence-corrected chi connectivity index (χ3v) is 2.37. The monoisotopic (exact) mass is 244 g/mol. The molecule has 0 atom stereocenters. The Labute approximate surface area is 98.1 Å². The Morgan fingerprint density at radius 1 is 1.47 bits per heavy atom. The molecule has 0 aliphatic rings. The van der Waals surface area contributed by atoms with E-state index in [2.05, 4.69) is 0 Å². The number of hydrogen-bond donors (Lipinski definition) is 1. The number of hydrogen-bond acceptors (Lipinski definition) is 1. The largest absolute Gasteiger partial charge is 0.478 e. The van der Waals surface area contributed by atoms with E-state index in [0.717, 1.165) is 0 Å². The van der Waals surface area contributed by atoms with Crippen molar-refractivity contribution >= 4 is 35.2 Å². The van der Waals surface area contributed by atoms with E-state index in [1.807, 2.05) is 6.08 Å². The van der Waals surface area contributed by atoms with Gasteiger partial charge >= 0.3 is 5.97 Å². The van der Waals surface area contributed by atoms with Crippen LogP contribution in [0.1, 0.15) is 22.3 Å². The zero-order chi connectivity index (χ0) is 11.3. The van der Waals surface area contributed by atoms with Crippen LogP contribution < -0.4 is 0 Å². The molecule has 0 bridgehead atoms. The van der Waals surface area contributed by atoms with Crippen LogP contribution in [0.3, 0.4) is 0 Å². The molecule has 0 spiro atoms. The molecule has 1 rings (SSSR count). The molecule has 0 amide bonds. The van der Waals surface area contributed by atoms with Gasteiger partial charge < -0.3 is 5.11 Å². The number of rotatable bonds is 4. The van der Waals surface area contributed by atoms with Gasteiger partial charge in [0.15, 0.2) is 0 Å². The van der Waals surface area contributed by atoms with Crippen LogP contribution in [0.4, 0.5) is 0 Å². The van der Waals surface area contributed by atoms with E-state index >= 15 is 0 Å². The Balaban J connectivity index is 3.06. The molecule has 0 saturated carbocycles. The maximum atomic E-state index is 10.9. The molecule has 0 heterocycles. The van der Waals surface area contributed by atoms with E-state index in [1.165, 1.54) is 0 Å². The Hall–Kier alpha value is -0.990. The van der Waals surface area contributed by atoms with Gasteiger partial charge in [-0.05, 0) is 18.1 Å². The molecule has 0 unspecified atom stereocenters. The summed E-state index contributed by atoms with van der Waals surface area (Å²) >= 11 is 11.3. The van der Waals surface area contributed by atoms with Gasteiger partial charge in [0.25, 0.3) is 0 Å². The van der Waals surface area contributed by atoms with Crippen molar-refractivity contribution in [1.29, 1.82) is 0 Å². The van der Waals surface area contributed by atoms with E-state index in [1.54, 1.807) is 24.3 Å². The Morgan fingerprint density at radius 3 is 2.80 bits per heavy atom. The highest BCUT2D eigenvalue weighted by molar-refractivity contribution is 6.33. The van der Waals surface area contributed by atoms with Crippen LogP contribution in [0.15, 0.2) is 24.3 Å². The lowest BCUT2D eigenvalue weighted by molar-refractivity contribution is 0.0697. The lowest BCUT2D eigenvalue weighted by Crippen LogP contribution is -2.00. The molecule has 4 heteroatoms. The van der Waals surface area contributed by atoms with Crippen LogP contribution in [0, 0.1) is 0 Å². The normalized spacial score (nSPS) is 10.8. The molecule has 0 aliphatic carbocycles. The third-order valence-electron chi connectivity index (χ3n) is 1.83. The van der Waals surface area contributed by atoms with E-state index in [4.69, 9.17) is 28.3 Å². The third kappa shape index (κ3) is 3.26. The summed E-state index contributed by atoms with van der Waals surface area (Å²) in [6.45, 7) is 0. The van der Waals surface area contributed by atoms with Gasteiger partial charge in [0.2, 0.25) is 0 Å². The summed E-state index contributed by atoms with van der Waals surface area (Å²) in [6.07, 6.45) is 4.25. The number of carboxylic acids is 1. The average Bonchev–Trinajstić information content (AvgIpc) is 2.17. The number of carbonyl (C=O) groups is 1. The van der Waals surface area contributed by atoms with Crippen LogP contribution in [-0.4, -0.2) is 17.0 Å². The summed E-state index contributed by atoms with van der Waals surface area (Å²) in [5.74, 6) is -0.509.